The Morgan fingerprint density at radius 2 is 2.19 bits per heavy atom. The van der Waals surface area contributed by atoms with Crippen molar-refractivity contribution in [3.8, 4) is 0 Å². The van der Waals surface area contributed by atoms with E-state index in [9.17, 15) is 9.59 Å². The van der Waals surface area contributed by atoms with Gasteiger partial charge in [-0.05, 0) is 43.0 Å². The summed E-state index contributed by atoms with van der Waals surface area (Å²) in [5.74, 6) is -0.569. The van der Waals surface area contributed by atoms with Crippen LogP contribution < -0.4 is 5.32 Å². The molecule has 0 spiro atoms. The molecule has 1 aromatic carbocycles. The number of para-hydroxylation sites is 1. The van der Waals surface area contributed by atoms with Gasteiger partial charge in [-0.2, -0.15) is 0 Å². The maximum atomic E-state index is 12.6. The molecule has 1 N–H and O–H groups in total. The third-order valence-corrected chi connectivity index (χ3v) is 6.65. The second-order valence-corrected chi connectivity index (χ2v) is 8.33. The van der Waals surface area contributed by atoms with E-state index in [1.165, 1.54) is 23.1 Å². The van der Waals surface area contributed by atoms with E-state index >= 15 is 0 Å². The summed E-state index contributed by atoms with van der Waals surface area (Å²) in [7, 11) is 1.33. The molecule has 1 aliphatic heterocycles. The Kier molecular flexibility index (Phi) is 5.20. The monoisotopic (exact) mass is 401 g/mol. The number of methoxy groups -OCH3 is 1. The van der Waals surface area contributed by atoms with Gasteiger partial charge in [0.15, 0.2) is 0 Å². The predicted molar refractivity (Wildman–Crippen MR) is 107 cm³/mol. The molecule has 1 atom stereocenters. The van der Waals surface area contributed by atoms with Crippen LogP contribution in [0.2, 0.25) is 0 Å². The van der Waals surface area contributed by atoms with Crippen molar-refractivity contribution < 1.29 is 14.3 Å². The van der Waals surface area contributed by atoms with Crippen LogP contribution in [0.1, 0.15) is 33.6 Å². The Labute approximate surface area is 164 Å². The summed E-state index contributed by atoms with van der Waals surface area (Å²) >= 11 is 2.95. The van der Waals surface area contributed by atoms with Crippen LogP contribution in [0, 0.1) is 0 Å². The number of thiophene rings is 1. The second kappa shape index (κ2) is 7.75. The molecule has 4 rings (SSSR count). The molecule has 1 fully saturated rings. The third kappa shape index (κ3) is 3.73. The highest BCUT2D eigenvalue weighted by molar-refractivity contribution is 7.18. The van der Waals surface area contributed by atoms with E-state index in [1.54, 1.807) is 22.8 Å². The molecule has 1 aliphatic rings. The quantitative estimate of drug-likeness (QED) is 0.656. The largest absolute Gasteiger partial charge is 0.465 e. The number of likely N-dealkylation sites (tertiary alicyclic amines) is 1. The molecule has 3 heterocycles. The molecule has 1 amide bonds. The van der Waals surface area contributed by atoms with Crippen LogP contribution in [0.15, 0.2) is 35.7 Å². The van der Waals surface area contributed by atoms with E-state index in [1.807, 2.05) is 18.2 Å². The number of nitrogens with one attached hydrogen (secondary N) is 1. The molecule has 2 aromatic heterocycles. The number of hydrogen-bond acceptors (Lipinski definition) is 7. The summed E-state index contributed by atoms with van der Waals surface area (Å²) in [6.07, 6.45) is 2.04. The summed E-state index contributed by atoms with van der Waals surface area (Å²) in [6, 6.07) is 9.99. The number of thiazole rings is 1. The summed E-state index contributed by atoms with van der Waals surface area (Å²) in [5.41, 5.74) is 1.52. The number of rotatable bonds is 5. The molecule has 0 aliphatic carbocycles. The highest BCUT2D eigenvalue weighted by Gasteiger charge is 2.30. The summed E-state index contributed by atoms with van der Waals surface area (Å²) in [6.45, 7) is 1.14. The van der Waals surface area contributed by atoms with Crippen molar-refractivity contribution in [3.63, 3.8) is 0 Å². The van der Waals surface area contributed by atoms with Crippen molar-refractivity contribution >= 4 is 50.5 Å². The lowest BCUT2D eigenvalue weighted by Crippen LogP contribution is -2.33. The van der Waals surface area contributed by atoms with Gasteiger partial charge in [0.25, 0.3) is 0 Å². The predicted octanol–water partition coefficient (Wildman–Crippen LogP) is 3.92. The summed E-state index contributed by atoms with van der Waals surface area (Å²) in [5, 5.41) is 5.67. The van der Waals surface area contributed by atoms with E-state index in [2.05, 4.69) is 16.3 Å². The minimum atomic E-state index is -0.436. The van der Waals surface area contributed by atoms with Gasteiger partial charge in [0.1, 0.15) is 9.88 Å². The number of carbonyl (C=O) groups is 2. The van der Waals surface area contributed by atoms with Crippen LogP contribution in [-0.2, 0) is 9.53 Å². The molecule has 1 saturated heterocycles. The maximum Gasteiger partial charge on any atom is 0.350 e. The third-order valence-electron chi connectivity index (χ3n) is 4.62. The average Bonchev–Trinajstić information content (AvgIpc) is 3.39. The minimum absolute atomic E-state index is 0.133. The first-order valence-electron chi connectivity index (χ1n) is 8.71. The number of anilines is 1. The SMILES string of the molecule is COC(=O)c1sccc1NC(=O)CN1CCCC1c1nc2ccccc2s1. The van der Waals surface area contributed by atoms with Crippen molar-refractivity contribution in [2.24, 2.45) is 0 Å². The molecule has 0 radical (unpaired) electrons. The average molecular weight is 402 g/mol. The van der Waals surface area contributed by atoms with Gasteiger partial charge in [0.05, 0.1) is 35.6 Å². The van der Waals surface area contributed by atoms with Crippen LogP contribution in [-0.4, -0.2) is 42.0 Å². The zero-order chi connectivity index (χ0) is 18.8. The lowest BCUT2D eigenvalue weighted by Gasteiger charge is -2.22. The van der Waals surface area contributed by atoms with Crippen LogP contribution >= 0.6 is 22.7 Å². The fourth-order valence-corrected chi connectivity index (χ4v) is 5.26. The first kappa shape index (κ1) is 18.1. The zero-order valence-electron chi connectivity index (χ0n) is 14.8. The normalized spacial score (nSPS) is 17.3. The Morgan fingerprint density at radius 1 is 1.33 bits per heavy atom. The van der Waals surface area contributed by atoms with Gasteiger partial charge in [-0.1, -0.05) is 12.1 Å². The Morgan fingerprint density at radius 3 is 3.00 bits per heavy atom. The minimum Gasteiger partial charge on any atom is -0.465 e. The van der Waals surface area contributed by atoms with Crippen LogP contribution in [0.4, 0.5) is 5.69 Å². The Hall–Kier alpha value is -2.29. The van der Waals surface area contributed by atoms with E-state index in [4.69, 9.17) is 9.72 Å². The van der Waals surface area contributed by atoms with Gasteiger partial charge in [-0.15, -0.1) is 22.7 Å². The number of aromatic nitrogens is 1. The smallest absolute Gasteiger partial charge is 0.350 e. The summed E-state index contributed by atoms with van der Waals surface area (Å²) in [4.78, 5) is 31.7. The van der Waals surface area contributed by atoms with Crippen molar-refractivity contribution in [2.45, 2.75) is 18.9 Å². The number of fused-ring (bicyclic) bond motifs is 1. The van der Waals surface area contributed by atoms with Gasteiger partial charge in [0, 0.05) is 0 Å². The second-order valence-electron chi connectivity index (χ2n) is 6.35. The van der Waals surface area contributed by atoms with Gasteiger partial charge in [-0.3, -0.25) is 9.69 Å². The molecule has 8 heteroatoms. The Bertz CT molecular complexity index is 948. The van der Waals surface area contributed by atoms with Crippen LogP contribution in [0.3, 0.4) is 0 Å². The molecule has 6 nitrogen and oxygen atoms in total. The van der Waals surface area contributed by atoms with Crippen molar-refractivity contribution in [2.75, 3.05) is 25.5 Å². The Balaban J connectivity index is 1.46. The van der Waals surface area contributed by atoms with E-state index in [0.29, 0.717) is 10.6 Å². The molecule has 1 unspecified atom stereocenters. The van der Waals surface area contributed by atoms with Gasteiger partial charge < -0.3 is 10.1 Å². The van der Waals surface area contributed by atoms with E-state index < -0.39 is 5.97 Å². The number of amides is 1. The van der Waals surface area contributed by atoms with Crippen molar-refractivity contribution in [1.82, 2.24) is 9.88 Å². The lowest BCUT2D eigenvalue weighted by molar-refractivity contribution is -0.117. The number of ether oxygens (including phenoxy) is 1. The van der Waals surface area contributed by atoms with Crippen LogP contribution in [0.5, 0.6) is 0 Å². The number of benzene rings is 1. The number of nitrogens with zero attached hydrogens (tertiary/aromatic N) is 2. The van der Waals surface area contributed by atoms with E-state index in [0.717, 1.165) is 29.9 Å². The molecule has 0 saturated carbocycles. The van der Waals surface area contributed by atoms with Gasteiger partial charge in [0.2, 0.25) is 5.91 Å². The van der Waals surface area contributed by atoms with Crippen molar-refractivity contribution in [1.29, 1.82) is 0 Å². The van der Waals surface area contributed by atoms with Crippen LogP contribution in [0.25, 0.3) is 10.2 Å². The fourth-order valence-electron chi connectivity index (χ4n) is 3.36. The molecule has 27 heavy (non-hydrogen) atoms. The fraction of sp³-hybridized carbons (Fsp3) is 0.316. The first-order valence-corrected chi connectivity index (χ1v) is 10.4. The van der Waals surface area contributed by atoms with E-state index in [-0.39, 0.29) is 18.5 Å². The molecule has 0 bridgehead atoms. The maximum absolute atomic E-state index is 12.6. The number of carbonyl (C=O) groups excluding carboxylic acids is 2. The number of hydrogen-bond donors (Lipinski definition) is 1. The van der Waals surface area contributed by atoms with Gasteiger partial charge >= 0.3 is 5.97 Å². The molecular formula is C19H19N3O3S2. The van der Waals surface area contributed by atoms with Gasteiger partial charge in [-0.25, -0.2) is 9.78 Å². The lowest BCUT2D eigenvalue weighted by atomic mass is 10.2. The number of esters is 1. The highest BCUT2D eigenvalue weighted by atomic mass is 32.1. The molecular weight excluding hydrogens is 382 g/mol. The highest BCUT2D eigenvalue weighted by Crippen LogP contribution is 2.36. The van der Waals surface area contributed by atoms with Crippen molar-refractivity contribution in [3.05, 3.63) is 45.6 Å². The standard InChI is InChI=1S/C19H19N3O3S2/c1-25-19(24)17-13(8-10-26-17)20-16(23)11-22-9-4-6-14(22)18-21-12-5-2-3-7-15(12)27-18/h2-3,5,7-8,10,14H,4,6,9,11H2,1H3,(H,20,23). The molecule has 140 valence electrons. The summed E-state index contributed by atoms with van der Waals surface area (Å²) < 4.78 is 5.93. The zero-order valence-corrected chi connectivity index (χ0v) is 16.4. The molecule has 3 aromatic rings. The topological polar surface area (TPSA) is 71.5 Å². The first-order chi connectivity index (χ1) is 13.2.